The van der Waals surface area contributed by atoms with Crippen molar-refractivity contribution < 1.29 is 9.59 Å². The van der Waals surface area contributed by atoms with E-state index in [-0.39, 0.29) is 11.6 Å². The molecule has 1 aliphatic rings. The first-order valence-corrected chi connectivity index (χ1v) is 6.41. The van der Waals surface area contributed by atoms with E-state index in [1.807, 2.05) is 19.1 Å². The molecule has 2 rings (SSSR count). The molecule has 2 heteroatoms. The minimum absolute atomic E-state index is 0.261. The molecule has 0 N–H and O–H groups in total. The largest absolute Gasteiger partial charge is 0.290 e. The third kappa shape index (κ3) is 2.63. The summed E-state index contributed by atoms with van der Waals surface area (Å²) in [6, 6.07) is 5.74. The lowest BCUT2D eigenvalue weighted by molar-refractivity contribution is -0.115. The lowest BCUT2D eigenvalue weighted by Crippen LogP contribution is -2.14. The van der Waals surface area contributed by atoms with Gasteiger partial charge in [0.25, 0.3) is 0 Å². The Bertz CT molecular complexity index is 446. The van der Waals surface area contributed by atoms with Crippen molar-refractivity contribution >= 4 is 11.6 Å². The van der Waals surface area contributed by atoms with Gasteiger partial charge in [-0.05, 0) is 49.3 Å². The van der Waals surface area contributed by atoms with Crippen LogP contribution in [-0.2, 0) is 17.6 Å². The van der Waals surface area contributed by atoms with Crippen LogP contribution in [-0.4, -0.2) is 11.6 Å². The van der Waals surface area contributed by atoms with Crippen LogP contribution in [0.25, 0.3) is 0 Å². The summed E-state index contributed by atoms with van der Waals surface area (Å²) in [5.74, 6) is -0.580. The molecular formula is C15H18O2. The number of aryl methyl sites for hydroxylation is 2. The van der Waals surface area contributed by atoms with Crippen LogP contribution in [0.3, 0.4) is 0 Å². The molecule has 0 aromatic heterocycles. The first kappa shape index (κ1) is 12.0. The summed E-state index contributed by atoms with van der Waals surface area (Å²) in [7, 11) is 0. The topological polar surface area (TPSA) is 34.1 Å². The minimum Gasteiger partial charge on any atom is -0.290 e. The second kappa shape index (κ2) is 5.26. The zero-order valence-electron chi connectivity index (χ0n) is 10.3. The van der Waals surface area contributed by atoms with E-state index in [1.54, 1.807) is 6.07 Å². The molecule has 0 amide bonds. The van der Waals surface area contributed by atoms with Gasteiger partial charge in [0.05, 0.1) is 0 Å². The SMILES string of the molecule is CCCC(=O)C(=O)c1ccc2c(c1)CCCC2. The van der Waals surface area contributed by atoms with E-state index in [9.17, 15) is 9.59 Å². The summed E-state index contributed by atoms with van der Waals surface area (Å²) >= 11 is 0. The van der Waals surface area contributed by atoms with Crippen LogP contribution < -0.4 is 0 Å². The molecule has 17 heavy (non-hydrogen) atoms. The van der Waals surface area contributed by atoms with Crippen molar-refractivity contribution in [3.05, 3.63) is 34.9 Å². The van der Waals surface area contributed by atoms with Crippen molar-refractivity contribution in [2.24, 2.45) is 0 Å². The number of hydrogen-bond donors (Lipinski definition) is 0. The highest BCUT2D eigenvalue weighted by atomic mass is 16.2. The molecule has 1 aromatic rings. The van der Waals surface area contributed by atoms with Crippen LogP contribution in [0.1, 0.15) is 54.1 Å². The molecule has 0 bridgehead atoms. The molecule has 0 saturated carbocycles. The molecule has 0 aliphatic heterocycles. The fraction of sp³-hybridized carbons (Fsp3) is 0.467. The fourth-order valence-electron chi connectivity index (χ4n) is 2.38. The summed E-state index contributed by atoms with van der Waals surface area (Å²) in [4.78, 5) is 23.4. The van der Waals surface area contributed by atoms with Gasteiger partial charge in [0, 0.05) is 12.0 Å². The molecule has 0 radical (unpaired) electrons. The van der Waals surface area contributed by atoms with Gasteiger partial charge in [-0.1, -0.05) is 19.1 Å². The predicted molar refractivity (Wildman–Crippen MR) is 67.3 cm³/mol. The number of hydrogen-bond acceptors (Lipinski definition) is 2. The highest BCUT2D eigenvalue weighted by Gasteiger charge is 2.17. The minimum atomic E-state index is -0.319. The van der Waals surface area contributed by atoms with Crippen molar-refractivity contribution in [3.63, 3.8) is 0 Å². The Balaban J connectivity index is 2.22. The predicted octanol–water partition coefficient (Wildman–Crippen LogP) is 3.12. The highest BCUT2D eigenvalue weighted by Crippen LogP contribution is 2.22. The van der Waals surface area contributed by atoms with Crippen LogP contribution in [0, 0.1) is 0 Å². The fourth-order valence-corrected chi connectivity index (χ4v) is 2.38. The standard InChI is InChI=1S/C15H18O2/c1-2-5-14(16)15(17)13-9-8-11-6-3-4-7-12(11)10-13/h8-10H,2-7H2,1H3. The van der Waals surface area contributed by atoms with Crippen molar-refractivity contribution in [2.75, 3.05) is 0 Å². The van der Waals surface area contributed by atoms with E-state index in [1.165, 1.54) is 24.0 Å². The van der Waals surface area contributed by atoms with Gasteiger partial charge in [-0.15, -0.1) is 0 Å². The molecule has 1 aromatic carbocycles. The second-order valence-corrected chi connectivity index (χ2v) is 4.69. The van der Waals surface area contributed by atoms with Crippen molar-refractivity contribution in [1.29, 1.82) is 0 Å². The lowest BCUT2D eigenvalue weighted by Gasteiger charge is -2.15. The number of carbonyl (C=O) groups excluding carboxylic acids is 2. The summed E-state index contributed by atoms with van der Waals surface area (Å²) in [5, 5.41) is 0. The van der Waals surface area contributed by atoms with Crippen LogP contribution in [0.4, 0.5) is 0 Å². The third-order valence-corrected chi connectivity index (χ3v) is 3.34. The number of fused-ring (bicyclic) bond motifs is 1. The van der Waals surface area contributed by atoms with Gasteiger partial charge < -0.3 is 0 Å². The van der Waals surface area contributed by atoms with E-state index in [4.69, 9.17) is 0 Å². The molecule has 0 spiro atoms. The molecule has 0 fully saturated rings. The Kier molecular flexibility index (Phi) is 3.72. The lowest BCUT2D eigenvalue weighted by atomic mass is 9.89. The average molecular weight is 230 g/mol. The zero-order chi connectivity index (χ0) is 12.3. The second-order valence-electron chi connectivity index (χ2n) is 4.69. The van der Waals surface area contributed by atoms with Crippen molar-refractivity contribution in [3.8, 4) is 0 Å². The maximum Gasteiger partial charge on any atom is 0.228 e. The van der Waals surface area contributed by atoms with E-state index >= 15 is 0 Å². The summed E-state index contributed by atoms with van der Waals surface area (Å²) < 4.78 is 0. The first-order chi connectivity index (χ1) is 8.22. The summed E-state index contributed by atoms with van der Waals surface area (Å²) in [6.07, 6.45) is 5.65. The Labute approximate surface area is 102 Å². The summed E-state index contributed by atoms with van der Waals surface area (Å²) in [5.41, 5.74) is 3.17. The Morgan fingerprint density at radius 3 is 2.53 bits per heavy atom. The Morgan fingerprint density at radius 1 is 1.12 bits per heavy atom. The van der Waals surface area contributed by atoms with Crippen LogP contribution in [0.5, 0.6) is 0 Å². The van der Waals surface area contributed by atoms with Gasteiger partial charge in [0.2, 0.25) is 11.6 Å². The van der Waals surface area contributed by atoms with E-state index in [0.717, 1.165) is 19.3 Å². The van der Waals surface area contributed by atoms with Gasteiger partial charge in [-0.2, -0.15) is 0 Å². The molecule has 0 heterocycles. The average Bonchev–Trinajstić information content (AvgIpc) is 2.37. The number of rotatable bonds is 4. The highest BCUT2D eigenvalue weighted by molar-refractivity contribution is 6.43. The van der Waals surface area contributed by atoms with Crippen molar-refractivity contribution in [1.82, 2.24) is 0 Å². The van der Waals surface area contributed by atoms with Gasteiger partial charge in [-0.25, -0.2) is 0 Å². The molecule has 0 unspecified atom stereocenters. The van der Waals surface area contributed by atoms with Gasteiger partial charge >= 0.3 is 0 Å². The molecule has 0 saturated heterocycles. The monoisotopic (exact) mass is 230 g/mol. The van der Waals surface area contributed by atoms with E-state index < -0.39 is 0 Å². The molecule has 2 nitrogen and oxygen atoms in total. The molecule has 1 aliphatic carbocycles. The summed E-state index contributed by atoms with van der Waals surface area (Å²) in [6.45, 7) is 1.91. The van der Waals surface area contributed by atoms with E-state index in [0.29, 0.717) is 12.0 Å². The Morgan fingerprint density at radius 2 is 1.82 bits per heavy atom. The van der Waals surface area contributed by atoms with E-state index in [2.05, 4.69) is 0 Å². The maximum atomic E-state index is 11.9. The number of Topliss-reactive ketones (excluding diaryl/α,β-unsaturated/α-hetero) is 2. The van der Waals surface area contributed by atoms with Crippen LogP contribution in [0.2, 0.25) is 0 Å². The molecule has 90 valence electrons. The normalized spacial score (nSPS) is 14.2. The maximum absolute atomic E-state index is 11.9. The van der Waals surface area contributed by atoms with Crippen molar-refractivity contribution in [2.45, 2.75) is 45.4 Å². The third-order valence-electron chi connectivity index (χ3n) is 3.34. The van der Waals surface area contributed by atoms with Gasteiger partial charge in [0.1, 0.15) is 0 Å². The van der Waals surface area contributed by atoms with Crippen LogP contribution >= 0.6 is 0 Å². The van der Waals surface area contributed by atoms with Gasteiger partial charge in [0.15, 0.2) is 0 Å². The smallest absolute Gasteiger partial charge is 0.228 e. The number of benzene rings is 1. The Hall–Kier alpha value is -1.44. The zero-order valence-corrected chi connectivity index (χ0v) is 10.3. The quantitative estimate of drug-likeness (QED) is 0.588. The number of carbonyl (C=O) groups is 2. The molecular weight excluding hydrogens is 212 g/mol. The molecule has 0 atom stereocenters. The van der Waals surface area contributed by atoms with Gasteiger partial charge in [-0.3, -0.25) is 9.59 Å². The first-order valence-electron chi connectivity index (χ1n) is 6.41. The van der Waals surface area contributed by atoms with Crippen LogP contribution in [0.15, 0.2) is 18.2 Å². The number of ketones is 2.